The first-order chi connectivity index (χ1) is 16.8. The third kappa shape index (κ3) is 4.13. The number of nitrogens with zero attached hydrogens (tertiary/aromatic N) is 2. The number of H-pyrrole nitrogens is 1. The Morgan fingerprint density at radius 1 is 1.11 bits per heavy atom. The van der Waals surface area contributed by atoms with Gasteiger partial charge in [0.05, 0.1) is 31.2 Å². The summed E-state index contributed by atoms with van der Waals surface area (Å²) >= 11 is 0. The summed E-state index contributed by atoms with van der Waals surface area (Å²) < 4.78 is 13.0. The maximum absolute atomic E-state index is 14.1. The number of aromatic amines is 1. The number of hydrogen-bond acceptors (Lipinski definition) is 5. The monoisotopic (exact) mass is 477 g/mol. The van der Waals surface area contributed by atoms with Crippen LogP contribution in [0, 0.1) is 6.92 Å². The topological polar surface area (TPSA) is 95.3 Å². The summed E-state index contributed by atoms with van der Waals surface area (Å²) in [7, 11) is 2.81. The van der Waals surface area contributed by atoms with E-state index in [2.05, 4.69) is 4.98 Å². The molecule has 2 aromatic carbocycles. The molecule has 2 heterocycles. The van der Waals surface area contributed by atoms with Gasteiger partial charge in [-0.1, -0.05) is 31.9 Å². The maximum atomic E-state index is 14.1. The highest BCUT2D eigenvalue weighted by Crippen LogP contribution is 2.31. The lowest BCUT2D eigenvalue weighted by molar-refractivity contribution is -0.145. The molecule has 2 atom stereocenters. The van der Waals surface area contributed by atoms with Crippen LogP contribution in [0.25, 0.3) is 21.8 Å². The largest absolute Gasteiger partial charge is 0.497 e. The molecule has 0 amide bonds. The van der Waals surface area contributed by atoms with Gasteiger partial charge in [0.25, 0.3) is 5.56 Å². The number of hydrogen-bond donors (Lipinski definition) is 1. The second-order valence-corrected chi connectivity index (χ2v) is 8.81. The molecule has 0 aliphatic rings. The van der Waals surface area contributed by atoms with E-state index in [9.17, 15) is 14.4 Å². The first kappa shape index (κ1) is 24.3. The number of fused-ring (bicyclic) bond motifs is 2. The molecule has 4 aromatic rings. The molecule has 1 N–H and O–H groups in total. The quantitative estimate of drug-likeness (QED) is 0.378. The third-order valence-corrected chi connectivity index (χ3v) is 6.72. The molecular formula is C27H31N3O5. The number of aromatic nitrogens is 3. The highest BCUT2D eigenvalue weighted by molar-refractivity contribution is 5.87. The second kappa shape index (κ2) is 9.82. The van der Waals surface area contributed by atoms with Crippen LogP contribution >= 0.6 is 0 Å². The molecule has 2 aromatic heterocycles. The van der Waals surface area contributed by atoms with Gasteiger partial charge in [-0.05, 0) is 44.0 Å². The number of nitrogens with one attached hydrogen (secondary N) is 1. The van der Waals surface area contributed by atoms with Crippen molar-refractivity contribution in [2.24, 2.45) is 0 Å². The molecule has 8 nitrogen and oxygen atoms in total. The van der Waals surface area contributed by atoms with Crippen molar-refractivity contribution in [3.05, 3.63) is 74.6 Å². The summed E-state index contributed by atoms with van der Waals surface area (Å²) in [6.07, 6.45) is 3.71. The van der Waals surface area contributed by atoms with Crippen LogP contribution in [0.5, 0.6) is 5.75 Å². The van der Waals surface area contributed by atoms with E-state index in [1.165, 1.54) is 14.2 Å². The van der Waals surface area contributed by atoms with Crippen LogP contribution in [-0.4, -0.2) is 34.3 Å². The van der Waals surface area contributed by atoms with Gasteiger partial charge in [0.1, 0.15) is 11.8 Å². The fourth-order valence-electron chi connectivity index (χ4n) is 4.86. The summed E-state index contributed by atoms with van der Waals surface area (Å²) in [4.78, 5) is 43.7. The van der Waals surface area contributed by atoms with E-state index in [0.717, 1.165) is 33.0 Å². The van der Waals surface area contributed by atoms with Gasteiger partial charge in [0.2, 0.25) is 0 Å². The molecule has 0 bridgehead atoms. The van der Waals surface area contributed by atoms with Gasteiger partial charge in [-0.25, -0.2) is 14.2 Å². The molecule has 35 heavy (non-hydrogen) atoms. The molecule has 0 saturated carbocycles. The lowest BCUT2D eigenvalue weighted by atomic mass is 10.0. The number of benzene rings is 2. The van der Waals surface area contributed by atoms with Crippen molar-refractivity contribution in [3.63, 3.8) is 0 Å². The molecule has 1 unspecified atom stereocenters. The molecule has 0 aliphatic heterocycles. The molecule has 184 valence electrons. The number of methoxy groups -OCH3 is 2. The molecular weight excluding hydrogens is 446 g/mol. The normalized spacial score (nSPS) is 13.2. The summed E-state index contributed by atoms with van der Waals surface area (Å²) in [5, 5.41) is 1.36. The van der Waals surface area contributed by atoms with E-state index in [1.807, 2.05) is 45.2 Å². The Bertz CT molecular complexity index is 1510. The van der Waals surface area contributed by atoms with Gasteiger partial charge < -0.3 is 14.5 Å². The summed E-state index contributed by atoms with van der Waals surface area (Å²) in [5.74, 6) is -0.0757. The highest BCUT2D eigenvalue weighted by Gasteiger charge is 2.29. The first-order valence-corrected chi connectivity index (χ1v) is 11.8. The zero-order valence-electron chi connectivity index (χ0n) is 20.8. The number of ether oxygens (including phenoxy) is 2. The van der Waals surface area contributed by atoms with Crippen LogP contribution in [0.15, 0.2) is 52.2 Å². The average molecular weight is 478 g/mol. The van der Waals surface area contributed by atoms with Gasteiger partial charge in [-0.2, -0.15) is 0 Å². The fraction of sp³-hybridized carbons (Fsp3) is 0.370. The zero-order chi connectivity index (χ0) is 25.3. The summed E-state index contributed by atoms with van der Waals surface area (Å²) in [6, 6.07) is 9.56. The molecule has 0 saturated heterocycles. The lowest BCUT2D eigenvalue weighted by Crippen LogP contribution is -2.45. The molecule has 4 rings (SSSR count). The number of unbranched alkanes of at least 4 members (excludes halogenated alkanes) is 1. The Balaban J connectivity index is 2.07. The van der Waals surface area contributed by atoms with Gasteiger partial charge in [-0.15, -0.1) is 0 Å². The van der Waals surface area contributed by atoms with Crippen molar-refractivity contribution in [3.8, 4) is 5.75 Å². The molecule has 0 radical (unpaired) electrons. The number of carbonyl (C=O) groups excluding carboxylic acids is 1. The molecule has 8 heteroatoms. The van der Waals surface area contributed by atoms with Gasteiger partial charge in [-0.3, -0.25) is 9.36 Å². The minimum atomic E-state index is -1.00. The van der Waals surface area contributed by atoms with E-state index in [0.29, 0.717) is 29.5 Å². The van der Waals surface area contributed by atoms with Gasteiger partial charge in [0, 0.05) is 28.7 Å². The Morgan fingerprint density at radius 2 is 1.89 bits per heavy atom. The molecule has 0 aliphatic carbocycles. The smallest absolute Gasteiger partial charge is 0.332 e. The Hall–Kier alpha value is -3.81. The molecule has 0 fully saturated rings. The van der Waals surface area contributed by atoms with Crippen molar-refractivity contribution < 1.29 is 14.3 Å². The second-order valence-electron chi connectivity index (χ2n) is 8.81. The van der Waals surface area contributed by atoms with E-state index in [-0.39, 0.29) is 0 Å². The van der Waals surface area contributed by atoms with Crippen molar-refractivity contribution in [2.45, 2.75) is 52.1 Å². The highest BCUT2D eigenvalue weighted by atomic mass is 16.5. The summed E-state index contributed by atoms with van der Waals surface area (Å²) in [6.45, 7) is 5.93. The number of rotatable bonds is 8. The van der Waals surface area contributed by atoms with Crippen LogP contribution in [0.3, 0.4) is 0 Å². The van der Waals surface area contributed by atoms with Crippen molar-refractivity contribution >= 4 is 27.8 Å². The van der Waals surface area contributed by atoms with Crippen molar-refractivity contribution in [1.29, 1.82) is 0 Å². The van der Waals surface area contributed by atoms with E-state index in [1.54, 1.807) is 22.8 Å². The minimum absolute atomic E-state index is 0.333. The van der Waals surface area contributed by atoms with Crippen LogP contribution in [0.2, 0.25) is 0 Å². The number of aryl methyl sites for hydroxylation is 1. The Morgan fingerprint density at radius 3 is 2.57 bits per heavy atom. The maximum Gasteiger partial charge on any atom is 0.332 e. The standard InChI is InChI=1S/C27H31N3O5/c1-6-7-11-22(26(32)35-5)30-25(31)19-13-12-18(34-4)14-23(19)29(27(30)33)17(3)20-15-28-21-10-8-9-16(2)24(20)21/h8-10,12-15,17,22,28H,6-7,11H2,1-5H3/t17?,22-/m0/s1. The first-order valence-electron chi connectivity index (χ1n) is 11.8. The summed E-state index contributed by atoms with van der Waals surface area (Å²) in [5.41, 5.74) is 2.33. The Labute approximate surface area is 203 Å². The van der Waals surface area contributed by atoms with Crippen LogP contribution < -0.4 is 16.0 Å². The van der Waals surface area contributed by atoms with E-state index >= 15 is 0 Å². The van der Waals surface area contributed by atoms with Crippen LogP contribution in [0.4, 0.5) is 0 Å². The average Bonchev–Trinajstić information content (AvgIpc) is 3.30. The third-order valence-electron chi connectivity index (χ3n) is 6.72. The van der Waals surface area contributed by atoms with Crippen LogP contribution in [0.1, 0.15) is 56.3 Å². The minimum Gasteiger partial charge on any atom is -0.497 e. The van der Waals surface area contributed by atoms with E-state index < -0.39 is 29.3 Å². The molecule has 0 spiro atoms. The van der Waals surface area contributed by atoms with Gasteiger partial charge >= 0.3 is 11.7 Å². The number of esters is 1. The fourth-order valence-corrected chi connectivity index (χ4v) is 4.86. The van der Waals surface area contributed by atoms with Crippen molar-refractivity contribution in [1.82, 2.24) is 14.1 Å². The zero-order valence-corrected chi connectivity index (χ0v) is 20.8. The predicted molar refractivity (Wildman–Crippen MR) is 136 cm³/mol. The number of carbonyl (C=O) groups is 1. The van der Waals surface area contributed by atoms with Gasteiger partial charge in [0.15, 0.2) is 0 Å². The Kier molecular flexibility index (Phi) is 6.82. The predicted octanol–water partition coefficient (Wildman–Crippen LogP) is 4.48. The SMILES string of the molecule is CCCC[C@@H](C(=O)OC)n1c(=O)c2ccc(OC)cc2n(C(C)c2c[nH]c3cccc(C)c23)c1=O. The van der Waals surface area contributed by atoms with Crippen LogP contribution in [-0.2, 0) is 9.53 Å². The lowest BCUT2D eigenvalue weighted by Gasteiger charge is -2.23. The van der Waals surface area contributed by atoms with Crippen molar-refractivity contribution in [2.75, 3.05) is 14.2 Å². The van der Waals surface area contributed by atoms with E-state index in [4.69, 9.17) is 9.47 Å².